The maximum absolute atomic E-state index is 12.4. The fraction of sp³-hybridized carbons (Fsp3) is 0.429. The number of carbonyl (C=O) groups is 2. The van der Waals surface area contributed by atoms with Crippen molar-refractivity contribution in [2.24, 2.45) is 0 Å². The molecule has 0 atom stereocenters. The molecule has 4 heteroatoms. The van der Waals surface area contributed by atoms with E-state index in [1.54, 1.807) is 4.90 Å². The number of hydrogen-bond donors (Lipinski definition) is 0. The van der Waals surface area contributed by atoms with Gasteiger partial charge in [0.1, 0.15) is 5.78 Å². The second-order valence-corrected chi connectivity index (χ2v) is 5.52. The van der Waals surface area contributed by atoms with Gasteiger partial charge in [0.05, 0.1) is 5.56 Å². The predicted octanol–water partition coefficient (Wildman–Crippen LogP) is 3.03. The van der Waals surface area contributed by atoms with E-state index in [1.165, 1.54) is 0 Å². The van der Waals surface area contributed by atoms with Crippen LogP contribution in [0.2, 0.25) is 0 Å². The summed E-state index contributed by atoms with van der Waals surface area (Å²) in [4.78, 5) is 25.3. The molecule has 0 spiro atoms. The Labute approximate surface area is 115 Å². The van der Waals surface area contributed by atoms with Crippen LogP contribution in [0.5, 0.6) is 0 Å². The van der Waals surface area contributed by atoms with E-state index in [0.29, 0.717) is 24.2 Å². The molecule has 1 fully saturated rings. The van der Waals surface area contributed by atoms with Gasteiger partial charge in [0.15, 0.2) is 0 Å². The summed E-state index contributed by atoms with van der Waals surface area (Å²) in [5.74, 6) is 0.329. The first-order valence-corrected chi connectivity index (χ1v) is 6.92. The van der Waals surface area contributed by atoms with Crippen LogP contribution >= 0.6 is 15.9 Å². The summed E-state index contributed by atoms with van der Waals surface area (Å²) in [6, 6.07) is 7.61. The molecule has 0 aromatic heterocycles. The van der Waals surface area contributed by atoms with Gasteiger partial charge in [-0.1, -0.05) is 12.1 Å². The van der Waals surface area contributed by atoms with E-state index in [9.17, 15) is 9.59 Å². The van der Waals surface area contributed by atoms with Crippen molar-refractivity contribution < 1.29 is 9.59 Å². The fourth-order valence-electron chi connectivity index (χ4n) is 2.30. The van der Waals surface area contributed by atoms with Gasteiger partial charge in [0.25, 0.3) is 5.91 Å². The van der Waals surface area contributed by atoms with Crippen molar-refractivity contribution in [3.8, 4) is 0 Å². The Morgan fingerprint density at radius 2 is 1.89 bits per heavy atom. The van der Waals surface area contributed by atoms with Crippen LogP contribution in [-0.4, -0.2) is 29.7 Å². The van der Waals surface area contributed by atoms with Gasteiger partial charge in [-0.05, 0) is 40.9 Å². The van der Waals surface area contributed by atoms with Crippen LogP contribution in [0.25, 0.3) is 0 Å². The van der Waals surface area contributed by atoms with Gasteiger partial charge in [0.2, 0.25) is 0 Å². The van der Waals surface area contributed by atoms with E-state index in [4.69, 9.17) is 0 Å². The van der Waals surface area contributed by atoms with Crippen molar-refractivity contribution in [2.75, 3.05) is 7.05 Å². The molecule has 3 nitrogen and oxygen atoms in total. The lowest BCUT2D eigenvalue weighted by molar-refractivity contribution is -0.121. The van der Waals surface area contributed by atoms with E-state index in [2.05, 4.69) is 15.9 Å². The van der Waals surface area contributed by atoms with Gasteiger partial charge >= 0.3 is 0 Å². The highest BCUT2D eigenvalue weighted by atomic mass is 79.9. The molecule has 18 heavy (non-hydrogen) atoms. The van der Waals surface area contributed by atoms with Crippen molar-refractivity contribution in [3.63, 3.8) is 0 Å². The fourth-order valence-corrected chi connectivity index (χ4v) is 2.76. The quantitative estimate of drug-likeness (QED) is 0.842. The Bertz CT molecular complexity index is 463. The molecular weight excluding hydrogens is 294 g/mol. The summed E-state index contributed by atoms with van der Waals surface area (Å²) in [6.07, 6.45) is 2.76. The molecule has 0 bridgehead atoms. The monoisotopic (exact) mass is 309 g/mol. The number of benzene rings is 1. The minimum absolute atomic E-state index is 0.0156. The van der Waals surface area contributed by atoms with Crippen molar-refractivity contribution in [2.45, 2.75) is 31.7 Å². The molecule has 1 aliphatic rings. The van der Waals surface area contributed by atoms with Crippen LogP contribution in [0.15, 0.2) is 28.7 Å². The van der Waals surface area contributed by atoms with E-state index in [1.807, 2.05) is 31.3 Å². The van der Waals surface area contributed by atoms with Crippen LogP contribution in [-0.2, 0) is 4.79 Å². The third-order valence-corrected chi connectivity index (χ3v) is 4.18. The molecule has 0 saturated heterocycles. The molecule has 1 saturated carbocycles. The Hall–Kier alpha value is -1.16. The van der Waals surface area contributed by atoms with E-state index in [-0.39, 0.29) is 11.9 Å². The molecule has 1 aliphatic carbocycles. The second-order valence-electron chi connectivity index (χ2n) is 4.67. The number of nitrogens with zero attached hydrogens (tertiary/aromatic N) is 1. The summed E-state index contributed by atoms with van der Waals surface area (Å²) in [7, 11) is 1.82. The number of amides is 1. The molecule has 1 aromatic carbocycles. The molecule has 96 valence electrons. The van der Waals surface area contributed by atoms with Crippen LogP contribution < -0.4 is 0 Å². The van der Waals surface area contributed by atoms with Gasteiger partial charge < -0.3 is 4.90 Å². The smallest absolute Gasteiger partial charge is 0.254 e. The zero-order chi connectivity index (χ0) is 13.1. The first kappa shape index (κ1) is 13.3. The SMILES string of the molecule is CN(C(=O)c1ccccc1Br)C1CCC(=O)CC1. The highest BCUT2D eigenvalue weighted by Crippen LogP contribution is 2.23. The van der Waals surface area contributed by atoms with E-state index in [0.717, 1.165) is 17.3 Å². The first-order chi connectivity index (χ1) is 8.59. The third-order valence-electron chi connectivity index (χ3n) is 3.49. The molecular formula is C14H16BrNO2. The minimum atomic E-state index is 0.0156. The minimum Gasteiger partial charge on any atom is -0.339 e. The standard InChI is InChI=1S/C14H16BrNO2/c1-16(10-6-8-11(17)9-7-10)14(18)12-4-2-3-5-13(12)15/h2-5,10H,6-9H2,1H3. The van der Waals surface area contributed by atoms with Gasteiger partial charge in [-0.25, -0.2) is 0 Å². The van der Waals surface area contributed by atoms with Gasteiger partial charge in [0, 0.05) is 30.4 Å². The van der Waals surface area contributed by atoms with Gasteiger partial charge in [-0.15, -0.1) is 0 Å². The lowest BCUT2D eigenvalue weighted by Crippen LogP contribution is -2.39. The van der Waals surface area contributed by atoms with Crippen molar-refractivity contribution in [3.05, 3.63) is 34.3 Å². The number of carbonyl (C=O) groups excluding carboxylic acids is 2. The summed E-state index contributed by atoms with van der Waals surface area (Å²) >= 11 is 3.40. The van der Waals surface area contributed by atoms with Crippen LogP contribution in [0, 0.1) is 0 Å². The summed E-state index contributed by atoms with van der Waals surface area (Å²) < 4.78 is 0.814. The second kappa shape index (κ2) is 5.65. The van der Waals surface area contributed by atoms with Crippen molar-refractivity contribution in [1.29, 1.82) is 0 Å². The summed E-state index contributed by atoms with van der Waals surface area (Å²) in [6.45, 7) is 0. The van der Waals surface area contributed by atoms with Crippen molar-refractivity contribution >= 4 is 27.6 Å². The highest BCUT2D eigenvalue weighted by molar-refractivity contribution is 9.10. The molecule has 0 unspecified atom stereocenters. The molecule has 0 N–H and O–H groups in total. The molecule has 0 heterocycles. The van der Waals surface area contributed by atoms with E-state index < -0.39 is 0 Å². The normalized spacial score (nSPS) is 16.7. The number of Topliss-reactive ketones (excluding diaryl/α,β-unsaturated/α-hetero) is 1. The Morgan fingerprint density at radius 3 is 2.50 bits per heavy atom. The topological polar surface area (TPSA) is 37.4 Å². The summed E-state index contributed by atoms with van der Waals surface area (Å²) in [5, 5.41) is 0. The van der Waals surface area contributed by atoms with Crippen molar-refractivity contribution in [1.82, 2.24) is 4.90 Å². The zero-order valence-electron chi connectivity index (χ0n) is 10.4. The Balaban J connectivity index is 2.09. The maximum atomic E-state index is 12.4. The molecule has 1 aromatic rings. The molecule has 0 aliphatic heterocycles. The summed E-state index contributed by atoms with van der Waals surface area (Å²) in [5.41, 5.74) is 0.678. The van der Waals surface area contributed by atoms with Crippen LogP contribution in [0.4, 0.5) is 0 Å². The lowest BCUT2D eigenvalue weighted by Gasteiger charge is -2.31. The van der Waals surface area contributed by atoms with Crippen LogP contribution in [0.3, 0.4) is 0 Å². The number of hydrogen-bond acceptors (Lipinski definition) is 2. The number of ketones is 1. The average molecular weight is 310 g/mol. The first-order valence-electron chi connectivity index (χ1n) is 6.13. The zero-order valence-corrected chi connectivity index (χ0v) is 11.9. The highest BCUT2D eigenvalue weighted by Gasteiger charge is 2.26. The molecule has 0 radical (unpaired) electrons. The largest absolute Gasteiger partial charge is 0.339 e. The Morgan fingerprint density at radius 1 is 1.28 bits per heavy atom. The number of halogens is 1. The van der Waals surface area contributed by atoms with Gasteiger partial charge in [-0.3, -0.25) is 9.59 Å². The third kappa shape index (κ3) is 2.80. The maximum Gasteiger partial charge on any atom is 0.254 e. The average Bonchev–Trinajstić information content (AvgIpc) is 2.38. The number of rotatable bonds is 2. The van der Waals surface area contributed by atoms with Gasteiger partial charge in [-0.2, -0.15) is 0 Å². The van der Waals surface area contributed by atoms with E-state index >= 15 is 0 Å². The molecule has 2 rings (SSSR count). The lowest BCUT2D eigenvalue weighted by atomic mass is 9.93. The van der Waals surface area contributed by atoms with Crippen LogP contribution in [0.1, 0.15) is 36.0 Å². The predicted molar refractivity (Wildman–Crippen MR) is 73.5 cm³/mol. The Kier molecular flexibility index (Phi) is 4.17. The molecule has 1 amide bonds.